The number of hydrogen-bond donors (Lipinski definition) is 2. The predicted molar refractivity (Wildman–Crippen MR) is 71.3 cm³/mol. The normalized spacial score (nSPS) is 25.1. The Morgan fingerprint density at radius 3 is 2.83 bits per heavy atom. The number of benzene rings is 1. The van der Waals surface area contributed by atoms with E-state index in [1.807, 2.05) is 12.1 Å². The molecular weight excluding hydrogens is 228 g/mol. The number of methoxy groups -OCH3 is 1. The van der Waals surface area contributed by atoms with E-state index in [0.29, 0.717) is 5.92 Å². The third-order valence-corrected chi connectivity index (χ3v) is 3.67. The predicted octanol–water partition coefficient (Wildman–Crippen LogP) is 1.93. The van der Waals surface area contributed by atoms with Crippen LogP contribution < -0.4 is 16.0 Å². The first kappa shape index (κ1) is 13.3. The Balaban J connectivity index is 2.34. The van der Waals surface area contributed by atoms with Crippen molar-refractivity contribution in [2.45, 2.75) is 32.4 Å². The number of rotatable bonds is 4. The zero-order valence-corrected chi connectivity index (χ0v) is 11.3. The van der Waals surface area contributed by atoms with E-state index in [2.05, 4.69) is 25.3 Å². The second kappa shape index (κ2) is 5.69. The highest BCUT2D eigenvalue weighted by molar-refractivity contribution is 5.39. The first-order valence-corrected chi connectivity index (χ1v) is 6.39. The second-order valence-corrected chi connectivity index (χ2v) is 4.99. The maximum Gasteiger partial charge on any atom is 0.123 e. The van der Waals surface area contributed by atoms with Crippen molar-refractivity contribution in [1.29, 1.82) is 0 Å². The van der Waals surface area contributed by atoms with Crippen molar-refractivity contribution in [2.75, 3.05) is 13.7 Å². The Morgan fingerprint density at radius 1 is 1.50 bits per heavy atom. The van der Waals surface area contributed by atoms with Crippen molar-refractivity contribution in [1.82, 2.24) is 5.43 Å². The molecule has 0 spiro atoms. The Morgan fingerprint density at radius 2 is 2.28 bits per heavy atom. The standard InChI is InChI=1S/C14H22N2O2/c1-9-4-5-12(17-3)11(8-9)13(16-15)14-10(2)6-7-18-14/h4-5,8,10,13-14,16H,6-7,15H2,1-3H3. The van der Waals surface area contributed by atoms with Gasteiger partial charge in [0.15, 0.2) is 0 Å². The van der Waals surface area contributed by atoms with Crippen molar-refractivity contribution in [3.63, 3.8) is 0 Å². The van der Waals surface area contributed by atoms with Gasteiger partial charge in [-0.1, -0.05) is 24.6 Å². The monoisotopic (exact) mass is 250 g/mol. The van der Waals surface area contributed by atoms with Gasteiger partial charge in [0.25, 0.3) is 0 Å². The van der Waals surface area contributed by atoms with Gasteiger partial charge in [-0.05, 0) is 25.3 Å². The Bertz CT molecular complexity index is 409. The van der Waals surface area contributed by atoms with Gasteiger partial charge in [-0.15, -0.1) is 0 Å². The summed E-state index contributed by atoms with van der Waals surface area (Å²) in [5.41, 5.74) is 5.15. The summed E-state index contributed by atoms with van der Waals surface area (Å²) in [6.07, 6.45) is 1.18. The zero-order chi connectivity index (χ0) is 13.1. The molecule has 0 aliphatic carbocycles. The molecule has 1 fully saturated rings. The molecule has 4 heteroatoms. The van der Waals surface area contributed by atoms with E-state index in [9.17, 15) is 0 Å². The smallest absolute Gasteiger partial charge is 0.123 e. The highest BCUT2D eigenvalue weighted by atomic mass is 16.5. The molecule has 3 N–H and O–H groups in total. The van der Waals surface area contributed by atoms with E-state index in [-0.39, 0.29) is 12.1 Å². The lowest BCUT2D eigenvalue weighted by molar-refractivity contribution is 0.0599. The molecule has 0 amide bonds. The molecule has 0 saturated carbocycles. The van der Waals surface area contributed by atoms with Crippen LogP contribution in [0.4, 0.5) is 0 Å². The Hall–Kier alpha value is -1.10. The second-order valence-electron chi connectivity index (χ2n) is 4.99. The molecular formula is C14H22N2O2. The van der Waals surface area contributed by atoms with Crippen molar-refractivity contribution in [3.05, 3.63) is 29.3 Å². The van der Waals surface area contributed by atoms with Crippen LogP contribution in [0.15, 0.2) is 18.2 Å². The molecule has 1 aromatic carbocycles. The minimum atomic E-state index is -0.0302. The Labute approximate surface area is 108 Å². The maximum atomic E-state index is 5.81. The topological polar surface area (TPSA) is 56.5 Å². The molecule has 1 saturated heterocycles. The molecule has 4 nitrogen and oxygen atoms in total. The lowest BCUT2D eigenvalue weighted by Gasteiger charge is -2.27. The maximum absolute atomic E-state index is 5.81. The van der Waals surface area contributed by atoms with Crippen LogP contribution in [-0.2, 0) is 4.74 Å². The van der Waals surface area contributed by atoms with Gasteiger partial charge >= 0.3 is 0 Å². The van der Waals surface area contributed by atoms with Crippen LogP contribution in [0.3, 0.4) is 0 Å². The summed E-state index contributed by atoms with van der Waals surface area (Å²) in [4.78, 5) is 0. The number of nitrogens with two attached hydrogens (primary N) is 1. The number of hydrazine groups is 1. The average molecular weight is 250 g/mol. The van der Waals surface area contributed by atoms with Crippen LogP contribution in [0.25, 0.3) is 0 Å². The van der Waals surface area contributed by atoms with Crippen LogP contribution in [0.1, 0.15) is 30.5 Å². The largest absolute Gasteiger partial charge is 0.496 e. The molecule has 0 aromatic heterocycles. The fourth-order valence-corrected chi connectivity index (χ4v) is 2.60. The van der Waals surface area contributed by atoms with Crippen LogP contribution in [0, 0.1) is 12.8 Å². The third kappa shape index (κ3) is 2.51. The van der Waals surface area contributed by atoms with Gasteiger partial charge in [-0.2, -0.15) is 0 Å². The van der Waals surface area contributed by atoms with Crippen LogP contribution in [0.2, 0.25) is 0 Å². The van der Waals surface area contributed by atoms with E-state index in [1.54, 1.807) is 7.11 Å². The molecule has 1 aromatic rings. The number of hydrogen-bond acceptors (Lipinski definition) is 4. The van der Waals surface area contributed by atoms with Crippen molar-refractivity contribution < 1.29 is 9.47 Å². The van der Waals surface area contributed by atoms with Crippen molar-refractivity contribution in [2.24, 2.45) is 11.8 Å². The van der Waals surface area contributed by atoms with Crippen molar-refractivity contribution in [3.8, 4) is 5.75 Å². The quantitative estimate of drug-likeness (QED) is 0.633. The Kier molecular flexibility index (Phi) is 4.22. The highest BCUT2D eigenvalue weighted by Crippen LogP contribution is 2.35. The van der Waals surface area contributed by atoms with Crippen LogP contribution in [-0.4, -0.2) is 19.8 Å². The van der Waals surface area contributed by atoms with Gasteiger partial charge in [0.2, 0.25) is 0 Å². The minimum absolute atomic E-state index is 0.0302. The van der Waals surface area contributed by atoms with E-state index in [0.717, 1.165) is 24.3 Å². The SMILES string of the molecule is COc1ccc(C)cc1C(NN)C1OCCC1C. The molecule has 1 aliphatic heterocycles. The summed E-state index contributed by atoms with van der Waals surface area (Å²) in [5, 5.41) is 0. The molecule has 100 valence electrons. The molecule has 3 unspecified atom stereocenters. The minimum Gasteiger partial charge on any atom is -0.496 e. The summed E-state index contributed by atoms with van der Waals surface area (Å²) in [6.45, 7) is 5.07. The van der Waals surface area contributed by atoms with E-state index >= 15 is 0 Å². The molecule has 0 bridgehead atoms. The zero-order valence-electron chi connectivity index (χ0n) is 11.3. The molecule has 2 rings (SSSR count). The first-order chi connectivity index (χ1) is 8.67. The van der Waals surface area contributed by atoms with Gasteiger partial charge < -0.3 is 9.47 Å². The fourth-order valence-electron chi connectivity index (χ4n) is 2.60. The number of nitrogens with one attached hydrogen (secondary N) is 1. The van der Waals surface area contributed by atoms with Gasteiger partial charge in [0.1, 0.15) is 5.75 Å². The third-order valence-electron chi connectivity index (χ3n) is 3.67. The van der Waals surface area contributed by atoms with Gasteiger partial charge in [-0.3, -0.25) is 11.3 Å². The summed E-state index contributed by atoms with van der Waals surface area (Å²) in [5.74, 6) is 7.08. The van der Waals surface area contributed by atoms with Gasteiger partial charge in [-0.25, -0.2) is 0 Å². The summed E-state index contributed by atoms with van der Waals surface area (Å²) < 4.78 is 11.2. The van der Waals surface area contributed by atoms with Gasteiger partial charge in [0, 0.05) is 12.2 Å². The fraction of sp³-hybridized carbons (Fsp3) is 0.571. The molecule has 1 aliphatic rings. The first-order valence-electron chi connectivity index (χ1n) is 6.39. The molecule has 1 heterocycles. The summed E-state index contributed by atoms with van der Waals surface area (Å²) in [7, 11) is 1.68. The average Bonchev–Trinajstić information content (AvgIpc) is 2.77. The molecule has 0 radical (unpaired) electrons. The van der Waals surface area contributed by atoms with Crippen molar-refractivity contribution >= 4 is 0 Å². The van der Waals surface area contributed by atoms with E-state index in [4.69, 9.17) is 15.3 Å². The lowest BCUT2D eigenvalue weighted by atomic mass is 9.91. The van der Waals surface area contributed by atoms with E-state index < -0.39 is 0 Å². The summed E-state index contributed by atoms with van der Waals surface area (Å²) >= 11 is 0. The summed E-state index contributed by atoms with van der Waals surface area (Å²) in [6, 6.07) is 6.10. The lowest BCUT2D eigenvalue weighted by Crippen LogP contribution is -2.39. The van der Waals surface area contributed by atoms with Gasteiger partial charge in [0.05, 0.1) is 19.3 Å². The number of aryl methyl sites for hydroxylation is 1. The molecule has 18 heavy (non-hydrogen) atoms. The van der Waals surface area contributed by atoms with Crippen LogP contribution in [0.5, 0.6) is 5.75 Å². The molecule has 3 atom stereocenters. The number of ether oxygens (including phenoxy) is 2. The highest BCUT2D eigenvalue weighted by Gasteiger charge is 2.33. The van der Waals surface area contributed by atoms with E-state index in [1.165, 1.54) is 5.56 Å². The van der Waals surface area contributed by atoms with Crippen LogP contribution >= 0.6 is 0 Å².